The number of hydrogen-bond acceptors (Lipinski definition) is 14. The maximum absolute atomic E-state index is 12.5. The van der Waals surface area contributed by atoms with Gasteiger partial charge in [-0.2, -0.15) is 20.4 Å². The van der Waals surface area contributed by atoms with E-state index in [1.54, 1.807) is 57.9 Å². The number of aryl methyl sites for hydroxylation is 2. The average Bonchev–Trinajstić information content (AvgIpc) is 4.22. The number of nitrogens with zero attached hydrogens (tertiary/aromatic N) is 8. The first kappa shape index (κ1) is 66.4. The number of aromatic nitrogens is 8. The Morgan fingerprint density at radius 1 is 0.588 bits per heavy atom. The van der Waals surface area contributed by atoms with Gasteiger partial charge in [-0.1, -0.05) is 132 Å². The van der Waals surface area contributed by atoms with Crippen molar-refractivity contribution in [1.82, 2.24) is 39.1 Å². The Labute approximate surface area is 536 Å². The van der Waals surface area contributed by atoms with Crippen molar-refractivity contribution in [1.29, 1.82) is 0 Å². The third kappa shape index (κ3) is 21.7. The molecular formula is C64H69Br2N9O4S6. The van der Waals surface area contributed by atoms with Crippen LogP contribution in [0.3, 0.4) is 0 Å². The van der Waals surface area contributed by atoms with Crippen LogP contribution in [-0.4, -0.2) is 65.9 Å². The molecule has 21 heteroatoms. The lowest BCUT2D eigenvalue weighted by molar-refractivity contribution is -0.144. The van der Waals surface area contributed by atoms with Crippen LogP contribution in [0.2, 0.25) is 0 Å². The Kier molecular flexibility index (Phi) is 27.7. The van der Waals surface area contributed by atoms with Crippen LogP contribution >= 0.6 is 89.4 Å². The fourth-order valence-corrected chi connectivity index (χ4v) is 14.9. The van der Waals surface area contributed by atoms with Gasteiger partial charge in [0.15, 0.2) is 0 Å². The zero-order chi connectivity index (χ0) is 60.2. The van der Waals surface area contributed by atoms with Crippen LogP contribution < -0.4 is 5.73 Å². The fourth-order valence-electron chi connectivity index (χ4n) is 7.80. The van der Waals surface area contributed by atoms with Crippen molar-refractivity contribution in [3.05, 3.63) is 230 Å². The molecule has 0 aliphatic heterocycles. The number of thioether (sulfide) groups is 1. The highest BCUT2D eigenvalue weighted by Gasteiger charge is 2.22. The molecule has 0 fully saturated rings. The highest BCUT2D eigenvalue weighted by Crippen LogP contribution is 2.34. The number of rotatable bonds is 21. The monoisotopic (exact) mass is 1380 g/mol. The van der Waals surface area contributed by atoms with Crippen LogP contribution in [0, 0.1) is 5.92 Å². The number of sulfone groups is 1. The molecule has 85 heavy (non-hydrogen) atoms. The van der Waals surface area contributed by atoms with Gasteiger partial charge in [0.25, 0.3) is 0 Å². The lowest BCUT2D eigenvalue weighted by Crippen LogP contribution is -2.14. The van der Waals surface area contributed by atoms with Gasteiger partial charge >= 0.3 is 5.97 Å². The minimum Gasteiger partial charge on any atom is -0.465 e. The Morgan fingerprint density at radius 2 is 1.09 bits per heavy atom. The van der Waals surface area contributed by atoms with Crippen molar-refractivity contribution in [2.75, 3.05) is 12.4 Å². The smallest absolute Gasteiger partial charge is 0.306 e. The van der Waals surface area contributed by atoms with E-state index in [0.717, 1.165) is 62.7 Å². The molecule has 11 aromatic rings. The molecule has 0 spiro atoms. The molecule has 13 nitrogen and oxygen atoms in total. The van der Waals surface area contributed by atoms with Gasteiger partial charge < -0.3 is 10.5 Å². The summed E-state index contributed by atoms with van der Waals surface area (Å²) in [6.45, 7) is 9.60. The molecular weight excluding hydrogens is 1310 g/mol. The molecule has 0 saturated heterocycles. The number of hydrogen-bond donors (Lipinski definition) is 1. The summed E-state index contributed by atoms with van der Waals surface area (Å²) >= 11 is 15.0. The van der Waals surface area contributed by atoms with Gasteiger partial charge in [-0.25, -0.2) is 27.1 Å². The van der Waals surface area contributed by atoms with Crippen molar-refractivity contribution < 1.29 is 17.9 Å². The molecule has 0 aliphatic rings. The van der Waals surface area contributed by atoms with Gasteiger partial charge in [0.2, 0.25) is 9.84 Å². The van der Waals surface area contributed by atoms with Gasteiger partial charge in [0.05, 0.1) is 77.9 Å². The molecule has 1 unspecified atom stereocenters. The zero-order valence-electron chi connectivity index (χ0n) is 47.8. The number of esters is 1. The average molecular weight is 1380 g/mol. The summed E-state index contributed by atoms with van der Waals surface area (Å²) in [5, 5.41) is 17.1. The number of carbonyl (C=O) groups excluding carboxylic acids is 1. The van der Waals surface area contributed by atoms with E-state index in [1.807, 2.05) is 159 Å². The lowest BCUT2D eigenvalue weighted by Gasteiger charge is -2.14. The number of halogens is 2. The highest BCUT2D eigenvalue weighted by atomic mass is 79.9. The molecule has 0 saturated carbocycles. The second-order valence-corrected chi connectivity index (χ2v) is 29.2. The summed E-state index contributed by atoms with van der Waals surface area (Å²) in [5.74, 6) is 1.11. The van der Waals surface area contributed by atoms with Crippen molar-refractivity contribution >= 4 is 105 Å². The second kappa shape index (κ2) is 35.5. The summed E-state index contributed by atoms with van der Waals surface area (Å²) in [4.78, 5) is 18.0. The Hall–Kier alpha value is -6.14. The number of para-hydroxylation sites is 4. The Balaban J connectivity index is 0.000000158. The third-order valence-electron chi connectivity index (χ3n) is 12.5. The van der Waals surface area contributed by atoms with Crippen molar-refractivity contribution in [2.45, 2.75) is 102 Å². The molecule has 444 valence electrons. The van der Waals surface area contributed by atoms with Crippen LogP contribution in [0.25, 0.3) is 22.7 Å². The maximum atomic E-state index is 12.5. The normalized spacial score (nSPS) is 11.2. The minimum atomic E-state index is -3.54. The summed E-state index contributed by atoms with van der Waals surface area (Å²) < 4.78 is 41.4. The maximum Gasteiger partial charge on any atom is 0.306 e. The largest absolute Gasteiger partial charge is 0.465 e. The summed E-state index contributed by atoms with van der Waals surface area (Å²) in [6.07, 6.45) is 21.7. The third-order valence-corrected chi connectivity index (χ3v) is 21.2. The van der Waals surface area contributed by atoms with Gasteiger partial charge in [-0.3, -0.25) is 4.79 Å². The van der Waals surface area contributed by atoms with Crippen LogP contribution in [0.1, 0.15) is 74.4 Å². The molecule has 0 aliphatic carbocycles. The van der Waals surface area contributed by atoms with E-state index in [1.165, 1.54) is 59.2 Å². The first-order valence-corrected chi connectivity index (χ1v) is 35.1. The minimum absolute atomic E-state index is 0.0992. The predicted molar refractivity (Wildman–Crippen MR) is 358 cm³/mol. The predicted octanol–water partition coefficient (Wildman–Crippen LogP) is 17.7. The number of ether oxygens (including phenoxy) is 1. The quantitative estimate of drug-likeness (QED) is 0.0539. The SMILES string of the molecule is Brc1cnn(-c2ccccc2)c1.CCCCC(CC)COC(=O)CCSc1cnn(-c2ccccc2)c1.CCc1ccc(Br)s1.CCc1ccc(Sc2cnn(-c3ccccc3)c2)s1.NCc1ccc(S(=O)(=O)c2cnn(-c3ccccc3)c2)s1. The lowest BCUT2D eigenvalue weighted by atomic mass is 10.0. The van der Waals surface area contributed by atoms with Gasteiger partial charge in [-0.05, 0) is 142 Å². The number of unbranched alkanes of at least 4 members (excludes halogenated alkanes) is 1. The van der Waals surface area contributed by atoms with E-state index in [-0.39, 0.29) is 15.1 Å². The standard InChI is InChI=1S/C20H28N2O2S.C15H14N2S2.C14H13N3O2S2.C9H7BrN2.C6H7BrS/c1-3-5-9-17(4-2)16-24-20(23)12-13-25-19-14-21-22(15-19)18-10-7-6-8-11-18;1-2-13-8-9-15(18-13)19-14-10-16-17(11-14)12-6-4-3-5-7-12;15-8-12-6-7-14(20-12)21(18,19)13-9-16-17(10-13)11-4-2-1-3-5-11;10-8-6-11-12(7-8)9-4-2-1-3-5-9;1-2-5-3-4-6(7)8-5/h6-8,10-11,14-15,17H,3-5,9,12-13,16H2,1-2H3;3-11H,2H2,1H3;1-7,9-10H,8,15H2;1-7H;3-4H,2H2,1H3. The number of nitrogens with two attached hydrogens (primary N) is 1. The molecule has 7 aromatic heterocycles. The Bertz CT molecular complexity index is 3770. The number of thiophene rings is 3. The first-order valence-electron chi connectivity index (χ1n) is 27.8. The molecule has 1 atom stereocenters. The van der Waals surface area contributed by atoms with Crippen molar-refractivity contribution in [3.63, 3.8) is 0 Å². The van der Waals surface area contributed by atoms with E-state index in [0.29, 0.717) is 31.2 Å². The van der Waals surface area contributed by atoms with Crippen LogP contribution in [0.5, 0.6) is 0 Å². The van der Waals surface area contributed by atoms with Crippen LogP contribution in [-0.2, 0) is 38.8 Å². The van der Waals surface area contributed by atoms with Crippen molar-refractivity contribution in [3.8, 4) is 22.7 Å². The van der Waals surface area contributed by atoms with Crippen molar-refractivity contribution in [2.24, 2.45) is 11.7 Å². The van der Waals surface area contributed by atoms with Crippen LogP contribution in [0.15, 0.2) is 239 Å². The second-order valence-electron chi connectivity index (χ2n) is 18.7. The van der Waals surface area contributed by atoms with E-state index >= 15 is 0 Å². The number of carbonyl (C=O) groups is 1. The molecule has 0 radical (unpaired) electrons. The van der Waals surface area contributed by atoms with Gasteiger partial charge in [-0.15, -0.1) is 45.8 Å². The molecule has 0 bridgehead atoms. The molecule has 11 rings (SSSR count). The molecule has 7 heterocycles. The fraction of sp³-hybridized carbons (Fsp3) is 0.234. The highest BCUT2D eigenvalue weighted by molar-refractivity contribution is 9.11. The van der Waals surface area contributed by atoms with Crippen LogP contribution in [0.4, 0.5) is 0 Å². The number of benzene rings is 4. The molecule has 2 N–H and O–H groups in total. The molecule has 4 aromatic carbocycles. The van der Waals surface area contributed by atoms with E-state index in [2.05, 4.69) is 123 Å². The van der Waals surface area contributed by atoms with E-state index < -0.39 is 9.84 Å². The molecule has 0 amide bonds. The van der Waals surface area contributed by atoms with E-state index in [4.69, 9.17) is 10.5 Å². The van der Waals surface area contributed by atoms with Gasteiger partial charge in [0.1, 0.15) is 9.10 Å². The first-order chi connectivity index (χ1) is 41.4. The summed E-state index contributed by atoms with van der Waals surface area (Å²) in [7, 11) is -3.54. The Morgan fingerprint density at radius 3 is 1.58 bits per heavy atom. The van der Waals surface area contributed by atoms with Gasteiger partial charge in [0, 0.05) is 56.6 Å². The summed E-state index contributed by atoms with van der Waals surface area (Å²) in [5.41, 5.74) is 9.54. The topological polar surface area (TPSA) is 158 Å². The zero-order valence-corrected chi connectivity index (χ0v) is 55.8. The summed E-state index contributed by atoms with van der Waals surface area (Å²) in [6, 6.07) is 51.5. The van der Waals surface area contributed by atoms with E-state index in [9.17, 15) is 13.2 Å².